The van der Waals surface area contributed by atoms with Crippen LogP contribution in [0.15, 0.2) is 54.6 Å². The summed E-state index contributed by atoms with van der Waals surface area (Å²) in [6, 6.07) is 17.5. The number of carbonyl (C=O) groups is 2. The van der Waals surface area contributed by atoms with E-state index >= 15 is 0 Å². The lowest BCUT2D eigenvalue weighted by Gasteiger charge is -2.18. The fraction of sp³-hybridized carbons (Fsp3) is 0.263. The molecule has 5 heteroatoms. The van der Waals surface area contributed by atoms with E-state index in [4.69, 9.17) is 11.6 Å². The van der Waals surface area contributed by atoms with Crippen molar-refractivity contribution in [3.8, 4) is 0 Å². The van der Waals surface area contributed by atoms with E-state index in [2.05, 4.69) is 10.6 Å². The molecule has 2 aromatic carbocycles. The van der Waals surface area contributed by atoms with Gasteiger partial charge in [-0.05, 0) is 23.3 Å². The highest BCUT2D eigenvalue weighted by atomic mass is 35.5. The molecule has 0 aliphatic heterocycles. The Morgan fingerprint density at radius 1 is 0.917 bits per heavy atom. The van der Waals surface area contributed by atoms with Gasteiger partial charge in [-0.25, -0.2) is 0 Å². The number of hydrogen-bond acceptors (Lipinski definition) is 2. The SMILES string of the molecule is CC(=O)NCCNC(=O)CC(c1ccccc1)c1ccc(Cl)cc1. The zero-order valence-corrected chi connectivity index (χ0v) is 14.3. The molecular weight excluding hydrogens is 324 g/mol. The Bertz CT molecular complexity index is 672. The van der Waals surface area contributed by atoms with Gasteiger partial charge in [0.2, 0.25) is 11.8 Å². The van der Waals surface area contributed by atoms with Gasteiger partial charge in [-0.3, -0.25) is 9.59 Å². The molecule has 126 valence electrons. The number of rotatable bonds is 7. The third kappa shape index (κ3) is 5.70. The first-order valence-electron chi connectivity index (χ1n) is 7.88. The lowest BCUT2D eigenvalue weighted by atomic mass is 9.88. The lowest BCUT2D eigenvalue weighted by Crippen LogP contribution is -2.34. The molecule has 1 atom stereocenters. The minimum Gasteiger partial charge on any atom is -0.355 e. The van der Waals surface area contributed by atoms with Crippen molar-refractivity contribution in [1.29, 1.82) is 0 Å². The van der Waals surface area contributed by atoms with E-state index in [9.17, 15) is 9.59 Å². The molecular formula is C19H21ClN2O2. The molecule has 0 fully saturated rings. The van der Waals surface area contributed by atoms with Crippen molar-refractivity contribution in [2.75, 3.05) is 13.1 Å². The summed E-state index contributed by atoms with van der Waals surface area (Å²) in [6.45, 7) is 2.30. The maximum Gasteiger partial charge on any atom is 0.221 e. The predicted molar refractivity (Wildman–Crippen MR) is 96.0 cm³/mol. The van der Waals surface area contributed by atoms with E-state index in [1.165, 1.54) is 6.92 Å². The third-order valence-corrected chi connectivity index (χ3v) is 3.94. The van der Waals surface area contributed by atoms with E-state index in [0.717, 1.165) is 11.1 Å². The summed E-state index contributed by atoms with van der Waals surface area (Å²) in [5.41, 5.74) is 2.12. The standard InChI is InChI=1S/C19H21ClN2O2/c1-14(23)21-11-12-22-19(24)13-18(15-5-3-2-4-6-15)16-7-9-17(20)10-8-16/h2-10,18H,11-13H2,1H3,(H,21,23)(H,22,24). The number of carbonyl (C=O) groups excluding carboxylic acids is 2. The number of nitrogens with one attached hydrogen (secondary N) is 2. The van der Waals surface area contributed by atoms with Gasteiger partial charge >= 0.3 is 0 Å². The van der Waals surface area contributed by atoms with Gasteiger partial charge < -0.3 is 10.6 Å². The van der Waals surface area contributed by atoms with Crippen LogP contribution < -0.4 is 10.6 Å². The molecule has 0 aliphatic carbocycles. The monoisotopic (exact) mass is 344 g/mol. The van der Waals surface area contributed by atoms with Gasteiger partial charge in [-0.15, -0.1) is 0 Å². The summed E-state index contributed by atoms with van der Waals surface area (Å²) >= 11 is 5.96. The van der Waals surface area contributed by atoms with Crippen LogP contribution in [0.2, 0.25) is 5.02 Å². The van der Waals surface area contributed by atoms with Crippen molar-refractivity contribution in [3.63, 3.8) is 0 Å². The van der Waals surface area contributed by atoms with Crippen molar-refractivity contribution in [2.24, 2.45) is 0 Å². The van der Waals surface area contributed by atoms with Crippen molar-refractivity contribution < 1.29 is 9.59 Å². The normalized spacial score (nSPS) is 11.6. The number of halogens is 1. The second-order valence-corrected chi connectivity index (χ2v) is 5.99. The molecule has 1 unspecified atom stereocenters. The number of benzene rings is 2. The molecule has 2 aromatic rings. The molecule has 2 N–H and O–H groups in total. The Labute approximate surface area is 147 Å². The number of hydrogen-bond donors (Lipinski definition) is 2. The zero-order valence-electron chi connectivity index (χ0n) is 13.6. The van der Waals surface area contributed by atoms with Crippen LogP contribution >= 0.6 is 11.6 Å². The van der Waals surface area contributed by atoms with E-state index in [-0.39, 0.29) is 17.7 Å². The van der Waals surface area contributed by atoms with Gasteiger partial charge in [0.05, 0.1) is 0 Å². The van der Waals surface area contributed by atoms with Gasteiger partial charge in [-0.2, -0.15) is 0 Å². The second kappa shape index (κ2) is 9.08. The van der Waals surface area contributed by atoms with Crippen LogP contribution in [0.1, 0.15) is 30.4 Å². The van der Waals surface area contributed by atoms with Gasteiger partial charge in [0, 0.05) is 37.4 Å². The molecule has 0 spiro atoms. The minimum atomic E-state index is -0.104. The third-order valence-electron chi connectivity index (χ3n) is 3.68. The molecule has 0 saturated heterocycles. The smallest absolute Gasteiger partial charge is 0.221 e. The molecule has 24 heavy (non-hydrogen) atoms. The Balaban J connectivity index is 2.05. The average molecular weight is 345 g/mol. The Hall–Kier alpha value is -2.33. The average Bonchev–Trinajstić information content (AvgIpc) is 2.58. The zero-order chi connectivity index (χ0) is 17.4. The first kappa shape index (κ1) is 18.0. The molecule has 2 rings (SSSR count). The minimum absolute atomic E-state index is 0.0377. The van der Waals surface area contributed by atoms with E-state index < -0.39 is 0 Å². The summed E-state index contributed by atoms with van der Waals surface area (Å²) in [5, 5.41) is 6.17. The summed E-state index contributed by atoms with van der Waals surface area (Å²) < 4.78 is 0. The van der Waals surface area contributed by atoms with Crippen molar-refractivity contribution in [1.82, 2.24) is 10.6 Å². The quantitative estimate of drug-likeness (QED) is 0.758. The van der Waals surface area contributed by atoms with E-state index in [0.29, 0.717) is 24.5 Å². The van der Waals surface area contributed by atoms with Crippen LogP contribution in [0.3, 0.4) is 0 Å². The highest BCUT2D eigenvalue weighted by Crippen LogP contribution is 2.28. The fourth-order valence-corrected chi connectivity index (χ4v) is 2.63. The molecule has 0 aromatic heterocycles. The van der Waals surface area contributed by atoms with Crippen LogP contribution in [-0.2, 0) is 9.59 Å². The number of amides is 2. The van der Waals surface area contributed by atoms with Crippen LogP contribution in [0, 0.1) is 0 Å². The van der Waals surface area contributed by atoms with Crippen LogP contribution in [-0.4, -0.2) is 24.9 Å². The molecule has 0 radical (unpaired) electrons. The maximum absolute atomic E-state index is 12.3. The second-order valence-electron chi connectivity index (χ2n) is 5.55. The van der Waals surface area contributed by atoms with Crippen LogP contribution in [0.25, 0.3) is 0 Å². The molecule has 0 aliphatic rings. The van der Waals surface area contributed by atoms with Crippen molar-refractivity contribution >= 4 is 23.4 Å². The molecule has 0 saturated carbocycles. The summed E-state index contributed by atoms with van der Waals surface area (Å²) in [5.74, 6) is -0.194. The van der Waals surface area contributed by atoms with Crippen LogP contribution in [0.4, 0.5) is 0 Å². The van der Waals surface area contributed by atoms with E-state index in [1.54, 1.807) is 0 Å². The van der Waals surface area contributed by atoms with E-state index in [1.807, 2.05) is 54.6 Å². The van der Waals surface area contributed by atoms with Gasteiger partial charge in [0.25, 0.3) is 0 Å². The van der Waals surface area contributed by atoms with Gasteiger partial charge in [0.15, 0.2) is 0 Å². The summed E-state index contributed by atoms with van der Waals surface area (Å²) in [7, 11) is 0. The Morgan fingerprint density at radius 3 is 2.12 bits per heavy atom. The maximum atomic E-state index is 12.3. The molecule has 2 amide bonds. The first-order valence-corrected chi connectivity index (χ1v) is 8.25. The van der Waals surface area contributed by atoms with Gasteiger partial charge in [0.1, 0.15) is 0 Å². The largest absolute Gasteiger partial charge is 0.355 e. The summed E-state index contributed by atoms with van der Waals surface area (Å²) in [4.78, 5) is 23.1. The Morgan fingerprint density at radius 2 is 1.50 bits per heavy atom. The van der Waals surface area contributed by atoms with Crippen molar-refractivity contribution in [2.45, 2.75) is 19.3 Å². The predicted octanol–water partition coefficient (Wildman–Crippen LogP) is 3.11. The van der Waals surface area contributed by atoms with Crippen molar-refractivity contribution in [3.05, 3.63) is 70.7 Å². The lowest BCUT2D eigenvalue weighted by molar-refractivity contribution is -0.122. The highest BCUT2D eigenvalue weighted by molar-refractivity contribution is 6.30. The molecule has 4 nitrogen and oxygen atoms in total. The molecule has 0 heterocycles. The highest BCUT2D eigenvalue weighted by Gasteiger charge is 2.18. The molecule has 0 bridgehead atoms. The first-order chi connectivity index (χ1) is 11.6. The van der Waals surface area contributed by atoms with Crippen LogP contribution in [0.5, 0.6) is 0 Å². The Kier molecular flexibility index (Phi) is 6.82. The fourth-order valence-electron chi connectivity index (χ4n) is 2.51. The summed E-state index contributed by atoms with van der Waals surface area (Å²) in [6.07, 6.45) is 0.339. The topological polar surface area (TPSA) is 58.2 Å². The van der Waals surface area contributed by atoms with Gasteiger partial charge in [-0.1, -0.05) is 54.1 Å².